The summed E-state index contributed by atoms with van der Waals surface area (Å²) in [5.41, 5.74) is 1.34. The van der Waals surface area contributed by atoms with Gasteiger partial charge in [-0.15, -0.1) is 12.3 Å². The van der Waals surface area contributed by atoms with Crippen LogP contribution in [0.25, 0.3) is 0 Å². The first-order valence-corrected chi connectivity index (χ1v) is 24.0. The molecule has 0 saturated heterocycles. The molecule has 2 aromatic rings. The lowest BCUT2D eigenvalue weighted by Crippen LogP contribution is -2.24. The zero-order valence-corrected chi connectivity index (χ0v) is 38.3. The van der Waals surface area contributed by atoms with Crippen LogP contribution in [0.1, 0.15) is 186 Å². The zero-order chi connectivity index (χ0) is 42.9. The van der Waals surface area contributed by atoms with Crippen LogP contribution in [0.15, 0.2) is 0 Å². The first-order chi connectivity index (χ1) is 28.5. The number of phenolic OH excluding ortho intramolecular Hbond substituents is 2. The summed E-state index contributed by atoms with van der Waals surface area (Å²) >= 11 is 1.84. The third kappa shape index (κ3) is 13.9. The molecule has 4 aliphatic rings. The molecule has 4 nitrogen and oxygen atoms in total. The second-order valence-corrected chi connectivity index (χ2v) is 18.3. The molecular weight excluding hydrogens is 867 g/mol. The van der Waals surface area contributed by atoms with Gasteiger partial charge in [-0.25, -0.2) is 0 Å². The lowest BCUT2D eigenvalue weighted by atomic mass is 9.80. The molecule has 0 amide bonds. The normalized spacial score (nSPS) is 23.3. The monoisotopic (exact) mass is 936 g/mol. The van der Waals surface area contributed by atoms with Crippen LogP contribution in [0, 0.1) is 74.7 Å². The lowest BCUT2D eigenvalue weighted by Gasteiger charge is -2.28. The largest absolute Gasteiger partial charge is 0.504 e. The van der Waals surface area contributed by atoms with Crippen LogP contribution in [0.5, 0.6) is 23.0 Å². The summed E-state index contributed by atoms with van der Waals surface area (Å²) in [7, 11) is 0. The summed E-state index contributed by atoms with van der Waals surface area (Å²) in [5.74, 6) is 5.84. The second-order valence-electron chi connectivity index (χ2n) is 17.3. The maximum absolute atomic E-state index is 14.5. The van der Waals surface area contributed by atoms with Gasteiger partial charge in [0.25, 0.3) is 0 Å². The first kappa shape index (κ1) is 48.9. The van der Waals surface area contributed by atoms with Crippen LogP contribution in [0.3, 0.4) is 0 Å². The summed E-state index contributed by atoms with van der Waals surface area (Å²) < 4.78 is 67.9. The molecular formula is C50H69F4IO4. The summed E-state index contributed by atoms with van der Waals surface area (Å²) in [6.45, 7) is 8.75. The van der Waals surface area contributed by atoms with Crippen molar-refractivity contribution in [3.8, 4) is 47.2 Å². The van der Waals surface area contributed by atoms with Gasteiger partial charge in [-0.1, -0.05) is 90.9 Å². The van der Waals surface area contributed by atoms with Crippen molar-refractivity contribution in [3.05, 3.63) is 43.5 Å². The van der Waals surface area contributed by atoms with E-state index >= 15 is 0 Å². The van der Waals surface area contributed by atoms with Gasteiger partial charge in [-0.2, -0.15) is 17.6 Å². The maximum atomic E-state index is 14.5. The van der Waals surface area contributed by atoms with Gasteiger partial charge < -0.3 is 19.7 Å². The minimum Gasteiger partial charge on any atom is -0.504 e. The first-order valence-electron chi connectivity index (χ1n) is 22.9. The molecule has 328 valence electrons. The van der Waals surface area contributed by atoms with E-state index in [1.165, 1.54) is 64.2 Å². The number of terminal acetylenes is 1. The van der Waals surface area contributed by atoms with Crippen molar-refractivity contribution in [2.75, 3.05) is 0 Å². The Morgan fingerprint density at radius 2 is 1.03 bits per heavy atom. The molecule has 2 aliphatic heterocycles. The van der Waals surface area contributed by atoms with Crippen molar-refractivity contribution >= 4 is 22.6 Å². The van der Waals surface area contributed by atoms with E-state index < -0.39 is 34.8 Å². The van der Waals surface area contributed by atoms with Gasteiger partial charge in [0, 0.05) is 23.0 Å². The van der Waals surface area contributed by atoms with E-state index in [1.807, 2.05) is 22.6 Å². The summed E-state index contributed by atoms with van der Waals surface area (Å²) in [6.07, 6.45) is 31.2. The quantitative estimate of drug-likeness (QED) is 0.0732. The number of aromatic hydroxyl groups is 2. The summed E-state index contributed by atoms with van der Waals surface area (Å²) in [5, 5.41) is 19.7. The number of fused-ring (bicyclic) bond motifs is 2. The SMILES string of the molecule is C#CC1CCC(CCC)CC1.CCCCCC1CCc2c(C#CC3CCC(CCC)CC3)c(O)c(F)c(F)c2O1.CCCCCC1CCc2c(I)c(O)c(F)c(F)c2O1. The zero-order valence-electron chi connectivity index (χ0n) is 36.1. The maximum Gasteiger partial charge on any atom is 0.205 e. The summed E-state index contributed by atoms with van der Waals surface area (Å²) in [6, 6.07) is 0. The molecule has 2 aliphatic carbocycles. The van der Waals surface area contributed by atoms with Gasteiger partial charge in [-0.3, -0.25) is 0 Å². The Morgan fingerprint density at radius 3 is 1.51 bits per heavy atom. The molecule has 2 aromatic carbocycles. The third-order valence-electron chi connectivity index (χ3n) is 12.7. The van der Waals surface area contributed by atoms with Crippen LogP contribution in [-0.4, -0.2) is 22.4 Å². The second kappa shape index (κ2) is 25.2. The highest BCUT2D eigenvalue weighted by molar-refractivity contribution is 14.1. The Morgan fingerprint density at radius 1 is 0.576 bits per heavy atom. The molecule has 2 saturated carbocycles. The molecule has 2 heterocycles. The standard InChI is InChI=1S/C25H34F2O2.C14H17F2IO2.C11H18/c1-3-5-6-8-19-14-16-21-20(24(28)22(26)23(27)25(21)29-19)15-13-18-11-9-17(7-4-2)10-12-18;1-2-3-4-5-8-6-7-9-12(17)13(18)10(15)11(16)14(9)19-8;1-3-5-11-8-6-10(4-2)7-9-11/h17-19,28H,3-12,14,16H2,1-2H3;8,18H,2-7H2,1H3;2,10-11H,3,5-9H2,1H3. The van der Waals surface area contributed by atoms with E-state index in [0.717, 1.165) is 88.9 Å². The van der Waals surface area contributed by atoms with Crippen molar-refractivity contribution in [3.63, 3.8) is 0 Å². The van der Waals surface area contributed by atoms with E-state index in [0.29, 0.717) is 33.5 Å². The molecule has 6 rings (SSSR count). The molecule has 2 unspecified atom stereocenters. The average molecular weight is 937 g/mol. The van der Waals surface area contributed by atoms with E-state index in [1.54, 1.807) is 0 Å². The van der Waals surface area contributed by atoms with Crippen molar-refractivity contribution in [2.45, 2.75) is 194 Å². The van der Waals surface area contributed by atoms with Gasteiger partial charge in [0.15, 0.2) is 23.0 Å². The predicted molar refractivity (Wildman–Crippen MR) is 239 cm³/mol. The number of ether oxygens (including phenoxy) is 2. The van der Waals surface area contributed by atoms with Crippen LogP contribution in [-0.2, 0) is 12.8 Å². The van der Waals surface area contributed by atoms with E-state index in [9.17, 15) is 27.8 Å². The highest BCUT2D eigenvalue weighted by atomic mass is 127. The van der Waals surface area contributed by atoms with Gasteiger partial charge in [-0.05, 0) is 137 Å². The topological polar surface area (TPSA) is 58.9 Å². The van der Waals surface area contributed by atoms with Crippen molar-refractivity contribution in [2.24, 2.45) is 23.7 Å². The minimum absolute atomic E-state index is 0.00699. The van der Waals surface area contributed by atoms with Crippen molar-refractivity contribution in [1.29, 1.82) is 0 Å². The minimum atomic E-state index is -1.24. The highest BCUT2D eigenvalue weighted by Crippen LogP contribution is 2.43. The average Bonchev–Trinajstić information content (AvgIpc) is 3.26. The van der Waals surface area contributed by atoms with Crippen LogP contribution < -0.4 is 9.47 Å². The molecule has 0 bridgehead atoms. The Hall–Kier alpha value is -2.79. The van der Waals surface area contributed by atoms with Crippen LogP contribution in [0.4, 0.5) is 17.6 Å². The summed E-state index contributed by atoms with van der Waals surface area (Å²) in [4.78, 5) is 0. The molecule has 2 N–H and O–H groups in total. The fraction of sp³-hybridized carbons (Fsp3) is 0.680. The fourth-order valence-electron chi connectivity index (χ4n) is 9.14. The fourth-order valence-corrected chi connectivity index (χ4v) is 9.89. The Bertz CT molecular complexity index is 1730. The van der Waals surface area contributed by atoms with E-state index in [4.69, 9.17) is 15.9 Å². The van der Waals surface area contributed by atoms with Crippen LogP contribution in [0.2, 0.25) is 0 Å². The molecule has 9 heteroatoms. The molecule has 2 atom stereocenters. The Balaban J connectivity index is 0.000000219. The van der Waals surface area contributed by atoms with Gasteiger partial charge in [0.2, 0.25) is 23.3 Å². The van der Waals surface area contributed by atoms with E-state index in [2.05, 4.69) is 45.5 Å². The highest BCUT2D eigenvalue weighted by Gasteiger charge is 2.32. The number of unbranched alkanes of at least 4 members (excludes halogenated alkanes) is 4. The van der Waals surface area contributed by atoms with Crippen molar-refractivity contribution in [1.82, 2.24) is 0 Å². The number of rotatable bonds is 12. The Labute approximate surface area is 366 Å². The van der Waals surface area contributed by atoms with Gasteiger partial charge >= 0.3 is 0 Å². The Kier molecular flexibility index (Phi) is 20.9. The number of hydrogen-bond donors (Lipinski definition) is 2. The van der Waals surface area contributed by atoms with Gasteiger partial charge in [0.05, 0.1) is 21.3 Å². The number of phenols is 2. The van der Waals surface area contributed by atoms with Crippen molar-refractivity contribution < 1.29 is 37.2 Å². The third-order valence-corrected chi connectivity index (χ3v) is 13.9. The number of halogens is 5. The number of benzene rings is 2. The molecule has 59 heavy (non-hydrogen) atoms. The molecule has 0 aromatic heterocycles. The van der Waals surface area contributed by atoms with E-state index in [-0.39, 0.29) is 35.2 Å². The smallest absolute Gasteiger partial charge is 0.205 e. The lowest BCUT2D eigenvalue weighted by molar-refractivity contribution is 0.149. The molecule has 0 spiro atoms. The van der Waals surface area contributed by atoms with Gasteiger partial charge in [0.1, 0.15) is 0 Å². The molecule has 2 fully saturated rings. The van der Waals surface area contributed by atoms with Crippen LogP contribution >= 0.6 is 22.6 Å². The molecule has 0 radical (unpaired) electrons. The predicted octanol–water partition coefficient (Wildman–Crippen LogP) is 14.7. The number of hydrogen-bond acceptors (Lipinski definition) is 4.